The molecule has 0 aromatic rings. The molecular weight excluding hydrogens is 362 g/mol. The number of halogens is 3. The van der Waals surface area contributed by atoms with Crippen LogP contribution in [0, 0.1) is 0 Å². The summed E-state index contributed by atoms with van der Waals surface area (Å²) in [6, 6.07) is 0. The van der Waals surface area contributed by atoms with Gasteiger partial charge in [-0.2, -0.15) is 0 Å². The molecule has 0 atom stereocenters. The molecule has 0 rings (SSSR count). The third-order valence-electron chi connectivity index (χ3n) is 0.574. The zero-order valence-corrected chi connectivity index (χ0v) is 8.32. The third kappa shape index (κ3) is 7.98. The Bertz CT molecular complexity index is 139. The standard InChI is InChI=1S/C3H4F3NO2.H2N.Po/c4-3(5,6)7-1-2(8)9;;/h7H,1H2,(H,8,9);1H2;/q;-1;+2/p-1. The van der Waals surface area contributed by atoms with Crippen LogP contribution in [0.5, 0.6) is 0 Å². The van der Waals surface area contributed by atoms with Crippen LogP contribution in [0.4, 0.5) is 13.2 Å². The molecule has 0 aromatic carbocycles. The molecule has 11 heavy (non-hydrogen) atoms. The summed E-state index contributed by atoms with van der Waals surface area (Å²) >= 11 is -1.66. The van der Waals surface area contributed by atoms with E-state index in [2.05, 4.69) is 2.77 Å². The summed E-state index contributed by atoms with van der Waals surface area (Å²) in [7, 11) is 0. The van der Waals surface area contributed by atoms with Crippen molar-refractivity contribution in [2.45, 2.75) is 6.30 Å². The summed E-state index contributed by atoms with van der Waals surface area (Å²) in [4.78, 5) is 10.3. The van der Waals surface area contributed by atoms with Crippen LogP contribution in [-0.2, 0) is 7.57 Å². The molecule has 0 bridgehead atoms. The second-order valence-corrected chi connectivity index (χ2v) is 2.80. The van der Waals surface area contributed by atoms with Gasteiger partial charge in [-0.15, -0.1) is 0 Å². The first-order valence-corrected chi connectivity index (χ1v) is 5.46. The van der Waals surface area contributed by atoms with Crippen molar-refractivity contribution in [3.63, 3.8) is 0 Å². The summed E-state index contributed by atoms with van der Waals surface area (Å²) in [6.45, 7) is -0.874. The molecule has 8 heteroatoms. The van der Waals surface area contributed by atoms with Crippen molar-refractivity contribution in [3.05, 3.63) is 0 Å². The number of hydrogen-bond acceptors (Lipinski definition) is 4. The minimum absolute atomic E-state index is 0.874. The van der Waals surface area contributed by atoms with Crippen molar-refractivity contribution in [2.24, 2.45) is 3.63 Å². The summed E-state index contributed by atoms with van der Waals surface area (Å²) in [5, 5.41) is 1.00. The zero-order valence-electron chi connectivity index (χ0n) is 5.14. The van der Waals surface area contributed by atoms with E-state index in [1.165, 1.54) is 0 Å². The van der Waals surface area contributed by atoms with Crippen LogP contribution in [0.25, 0.3) is 0 Å². The zero-order chi connectivity index (χ0) is 8.91. The Morgan fingerprint density at radius 3 is 2.55 bits per heavy atom. The second kappa shape index (κ2) is 4.85. The molecule has 0 saturated heterocycles. The Labute approximate surface area is 73.1 Å². The second-order valence-electron chi connectivity index (χ2n) is 1.40. The normalized spacial score (nSPS) is 11.3. The van der Waals surface area contributed by atoms with Gasteiger partial charge in [0.05, 0.1) is 0 Å². The Kier molecular flexibility index (Phi) is 4.89. The van der Waals surface area contributed by atoms with Crippen LogP contribution in [0.3, 0.4) is 0 Å². The summed E-state index contributed by atoms with van der Waals surface area (Å²) in [5.41, 5.74) is 0. The molecule has 0 saturated carbocycles. The molecule has 0 aromatic heterocycles. The van der Waals surface area contributed by atoms with Gasteiger partial charge in [0, 0.05) is 0 Å². The molecule has 0 aliphatic rings. The first-order valence-electron chi connectivity index (χ1n) is 2.33. The van der Waals surface area contributed by atoms with Gasteiger partial charge < -0.3 is 0 Å². The Morgan fingerprint density at radius 1 is 1.64 bits per heavy atom. The summed E-state index contributed by atoms with van der Waals surface area (Å²) in [5.74, 6) is -0.963. The third-order valence-corrected chi connectivity index (χ3v) is 1.67. The molecule has 0 radical (unpaired) electrons. The van der Waals surface area contributed by atoms with E-state index < -0.39 is 43.1 Å². The number of hydrogen-bond donors (Lipinski definition) is 2. The number of rotatable bonds is 3. The van der Waals surface area contributed by atoms with Gasteiger partial charge in [0.25, 0.3) is 0 Å². The number of alkyl halides is 3. The van der Waals surface area contributed by atoms with Crippen molar-refractivity contribution in [2.75, 3.05) is 6.54 Å². The number of nitrogens with two attached hydrogens (primary N) is 1. The molecule has 0 fully saturated rings. The first kappa shape index (κ1) is 11.1. The molecule has 66 valence electrons. The van der Waals surface area contributed by atoms with E-state index in [1.54, 1.807) is 0 Å². The average molecular weight is 367 g/mol. The molecule has 0 spiro atoms. The molecule has 0 heterocycles. The topological polar surface area (TPSA) is 64.3 Å². The van der Waals surface area contributed by atoms with E-state index >= 15 is 0 Å². The Balaban J connectivity index is 3.46. The Morgan fingerprint density at radius 2 is 2.18 bits per heavy atom. The quantitative estimate of drug-likeness (QED) is 0.637. The van der Waals surface area contributed by atoms with Crippen LogP contribution in [-0.4, -0.2) is 43.1 Å². The maximum absolute atomic E-state index is 11.3. The van der Waals surface area contributed by atoms with Crippen molar-refractivity contribution in [1.29, 1.82) is 0 Å². The van der Waals surface area contributed by atoms with Crippen molar-refractivity contribution in [3.8, 4) is 0 Å². The van der Waals surface area contributed by atoms with E-state index in [9.17, 15) is 18.0 Å². The van der Waals surface area contributed by atoms with E-state index in [1.807, 2.05) is 0 Å². The van der Waals surface area contributed by atoms with Crippen molar-refractivity contribution >= 4 is 30.3 Å². The maximum atomic E-state index is 11.3. The van der Waals surface area contributed by atoms with E-state index in [4.69, 9.17) is 3.63 Å². The monoisotopic (exact) mass is 367 g/mol. The molecule has 4 nitrogen and oxygen atoms in total. The molecule has 3 N–H and O–H groups in total. The van der Waals surface area contributed by atoms with Crippen LogP contribution in [0.1, 0.15) is 0 Å². The van der Waals surface area contributed by atoms with E-state index in [-0.39, 0.29) is 0 Å². The van der Waals surface area contributed by atoms with Gasteiger partial charge in [-0.25, -0.2) is 0 Å². The van der Waals surface area contributed by atoms with Gasteiger partial charge in [-0.05, 0) is 0 Å². The fourth-order valence-electron chi connectivity index (χ4n) is 0.256. The van der Waals surface area contributed by atoms with E-state index in [0.717, 1.165) is 5.32 Å². The predicted molar refractivity (Wildman–Crippen MR) is 30.1 cm³/mol. The molecule has 0 aliphatic carbocycles. The summed E-state index contributed by atoms with van der Waals surface area (Å²) < 4.78 is 43.0. The van der Waals surface area contributed by atoms with Gasteiger partial charge >= 0.3 is 72.8 Å². The molecule has 0 amide bonds. The van der Waals surface area contributed by atoms with Crippen LogP contribution in [0.15, 0.2) is 0 Å². The van der Waals surface area contributed by atoms with Crippen LogP contribution < -0.4 is 8.95 Å². The fourth-order valence-corrected chi connectivity index (χ4v) is 0.902. The van der Waals surface area contributed by atoms with Crippen LogP contribution in [0.2, 0.25) is 0 Å². The van der Waals surface area contributed by atoms with Crippen molar-refractivity contribution < 1.29 is 20.7 Å². The van der Waals surface area contributed by atoms with E-state index in [0.29, 0.717) is 0 Å². The number of carbonyl (C=O) groups is 1. The minimum atomic E-state index is -4.54. The van der Waals surface area contributed by atoms with Gasteiger partial charge in [0.15, 0.2) is 0 Å². The fraction of sp³-hybridized carbons (Fsp3) is 0.667. The van der Waals surface area contributed by atoms with Gasteiger partial charge in [0.2, 0.25) is 0 Å². The molecular formula is C3H5F3N2O2Po. The van der Waals surface area contributed by atoms with Crippen molar-refractivity contribution in [1.82, 2.24) is 5.32 Å². The summed E-state index contributed by atoms with van der Waals surface area (Å²) in [6.07, 6.45) is -4.54. The Hall–Kier alpha value is 0.0761. The first-order chi connectivity index (χ1) is 4.95. The number of carbonyl (C=O) groups excluding carboxylic acids is 1. The van der Waals surface area contributed by atoms with Crippen LogP contribution >= 0.6 is 0 Å². The predicted octanol–water partition coefficient (Wildman–Crippen LogP) is -0.868. The number of nitrogens with one attached hydrogen (secondary N) is 1. The SMILES string of the molecule is [NH2][Po][O]C(=O)CNC(F)(F)F. The molecule has 0 aliphatic heterocycles. The van der Waals surface area contributed by atoms with Gasteiger partial charge in [0.1, 0.15) is 0 Å². The van der Waals surface area contributed by atoms with Gasteiger partial charge in [-0.3, -0.25) is 0 Å². The molecule has 0 unspecified atom stereocenters. The average Bonchev–Trinajstić information content (AvgIpc) is 1.83. The van der Waals surface area contributed by atoms with Gasteiger partial charge in [-0.1, -0.05) is 0 Å².